The Morgan fingerprint density at radius 1 is 0.368 bits per heavy atom. The maximum Gasteiger partial charge on any atom is 0.306 e. The summed E-state index contributed by atoms with van der Waals surface area (Å²) in [6.45, 7) is 6.43. The maximum absolute atomic E-state index is 12.7. The number of hydrogen-bond donors (Lipinski definition) is 0. The van der Waals surface area contributed by atoms with Gasteiger partial charge in [-0.2, -0.15) is 0 Å². The number of ether oxygens (including phenoxy) is 3. The van der Waals surface area contributed by atoms with Gasteiger partial charge in [0.2, 0.25) is 0 Å². The van der Waals surface area contributed by atoms with Crippen LogP contribution in [-0.2, 0) is 28.6 Å². The van der Waals surface area contributed by atoms with Gasteiger partial charge in [-0.15, -0.1) is 0 Å². The Bertz CT molecular complexity index is 1050. The zero-order valence-electron chi connectivity index (χ0n) is 37.3. The molecule has 0 radical (unpaired) electrons. The van der Waals surface area contributed by atoms with Gasteiger partial charge in [-0.3, -0.25) is 14.4 Å². The number of carbonyl (C=O) groups excluding carboxylic acids is 3. The van der Waals surface area contributed by atoms with Gasteiger partial charge in [0.15, 0.2) is 6.10 Å². The Hall–Kier alpha value is -2.89. The summed E-state index contributed by atoms with van der Waals surface area (Å²) in [6, 6.07) is 0. The monoisotopic (exact) mass is 797 g/mol. The minimum Gasteiger partial charge on any atom is -0.462 e. The lowest BCUT2D eigenvalue weighted by Gasteiger charge is -2.18. The zero-order valence-corrected chi connectivity index (χ0v) is 37.3. The van der Waals surface area contributed by atoms with Crippen LogP contribution < -0.4 is 0 Å². The molecule has 0 aliphatic rings. The van der Waals surface area contributed by atoms with E-state index in [1.807, 2.05) is 36.5 Å². The second kappa shape index (κ2) is 45.8. The fraction of sp³-hybridized carbons (Fsp3) is 0.745. The summed E-state index contributed by atoms with van der Waals surface area (Å²) in [4.78, 5) is 37.8. The lowest BCUT2D eigenvalue weighted by atomic mass is 10.1. The van der Waals surface area contributed by atoms with E-state index >= 15 is 0 Å². The highest BCUT2D eigenvalue weighted by molar-refractivity contribution is 5.71. The van der Waals surface area contributed by atoms with Gasteiger partial charge in [-0.25, -0.2) is 0 Å². The van der Waals surface area contributed by atoms with Crippen molar-refractivity contribution in [2.75, 3.05) is 13.2 Å². The summed E-state index contributed by atoms with van der Waals surface area (Å²) in [6.07, 6.45) is 54.9. The highest BCUT2D eigenvalue weighted by atomic mass is 16.6. The second-order valence-electron chi connectivity index (χ2n) is 15.7. The summed E-state index contributed by atoms with van der Waals surface area (Å²) in [5, 5.41) is 0. The van der Waals surface area contributed by atoms with Crippen molar-refractivity contribution in [2.45, 2.75) is 232 Å². The van der Waals surface area contributed by atoms with Gasteiger partial charge < -0.3 is 14.2 Å². The van der Waals surface area contributed by atoms with E-state index in [2.05, 4.69) is 45.1 Å². The van der Waals surface area contributed by atoms with Crippen molar-refractivity contribution in [3.05, 3.63) is 60.8 Å². The van der Waals surface area contributed by atoms with Crippen LogP contribution in [0.4, 0.5) is 0 Å². The maximum atomic E-state index is 12.7. The van der Waals surface area contributed by atoms with Crippen LogP contribution in [0.1, 0.15) is 226 Å². The van der Waals surface area contributed by atoms with Gasteiger partial charge in [-0.1, -0.05) is 204 Å². The van der Waals surface area contributed by atoms with E-state index in [1.54, 1.807) is 0 Å². The lowest BCUT2D eigenvalue weighted by Crippen LogP contribution is -2.30. The fourth-order valence-electron chi connectivity index (χ4n) is 6.51. The normalized spacial score (nSPS) is 12.5. The molecular formula is C51H88O6. The lowest BCUT2D eigenvalue weighted by molar-refractivity contribution is -0.167. The number of allylic oxidation sites excluding steroid dienone is 10. The molecule has 6 nitrogen and oxygen atoms in total. The van der Waals surface area contributed by atoms with Gasteiger partial charge in [0, 0.05) is 19.3 Å². The molecule has 0 aromatic rings. The molecule has 0 fully saturated rings. The quantitative estimate of drug-likeness (QED) is 0.0201. The third kappa shape index (κ3) is 44.1. The molecule has 1 unspecified atom stereocenters. The first kappa shape index (κ1) is 54.1. The van der Waals surface area contributed by atoms with Gasteiger partial charge in [0.05, 0.1) is 0 Å². The molecule has 0 rings (SSSR count). The Labute approximate surface area is 351 Å². The third-order valence-electron chi connectivity index (χ3n) is 10.1. The molecule has 0 saturated heterocycles. The van der Waals surface area contributed by atoms with Crippen molar-refractivity contribution < 1.29 is 28.6 Å². The molecule has 0 N–H and O–H groups in total. The first-order valence-electron chi connectivity index (χ1n) is 23.8. The number of hydrogen-bond acceptors (Lipinski definition) is 6. The van der Waals surface area contributed by atoms with Crippen LogP contribution in [0.5, 0.6) is 0 Å². The second-order valence-corrected chi connectivity index (χ2v) is 15.7. The van der Waals surface area contributed by atoms with E-state index in [9.17, 15) is 14.4 Å². The molecule has 328 valence electrons. The molecule has 1 atom stereocenters. The average molecular weight is 797 g/mol. The smallest absolute Gasteiger partial charge is 0.306 e. The first-order chi connectivity index (χ1) is 28.0. The SMILES string of the molecule is CC\C=C/C=C\C=C/C=C\CCCCCC(=O)OC(COC(=O)CCCCCCCCC/C=C\CCCCCC)COC(=O)CCCCCCCCCCCCC. The summed E-state index contributed by atoms with van der Waals surface area (Å²) < 4.78 is 16.7. The first-order valence-corrected chi connectivity index (χ1v) is 23.8. The van der Waals surface area contributed by atoms with Crippen LogP contribution in [0.3, 0.4) is 0 Å². The van der Waals surface area contributed by atoms with E-state index in [0.29, 0.717) is 12.8 Å². The molecule has 0 aliphatic carbocycles. The largest absolute Gasteiger partial charge is 0.462 e. The predicted octanol–water partition coefficient (Wildman–Crippen LogP) is 15.3. The van der Waals surface area contributed by atoms with E-state index in [0.717, 1.165) is 70.6 Å². The molecule has 0 amide bonds. The van der Waals surface area contributed by atoms with E-state index in [-0.39, 0.29) is 37.5 Å². The van der Waals surface area contributed by atoms with Crippen LogP contribution in [-0.4, -0.2) is 37.2 Å². The minimum absolute atomic E-state index is 0.0903. The Balaban J connectivity index is 4.43. The predicted molar refractivity (Wildman–Crippen MR) is 242 cm³/mol. The van der Waals surface area contributed by atoms with Crippen LogP contribution >= 0.6 is 0 Å². The van der Waals surface area contributed by atoms with Crippen molar-refractivity contribution in [2.24, 2.45) is 0 Å². The molecule has 6 heteroatoms. The van der Waals surface area contributed by atoms with Gasteiger partial charge in [0.25, 0.3) is 0 Å². The zero-order chi connectivity index (χ0) is 41.5. The van der Waals surface area contributed by atoms with Crippen molar-refractivity contribution in [1.82, 2.24) is 0 Å². The Kier molecular flexibility index (Phi) is 43.5. The molecule has 0 heterocycles. The van der Waals surface area contributed by atoms with E-state index in [4.69, 9.17) is 14.2 Å². The van der Waals surface area contributed by atoms with Crippen molar-refractivity contribution >= 4 is 17.9 Å². The Morgan fingerprint density at radius 3 is 1.16 bits per heavy atom. The van der Waals surface area contributed by atoms with Crippen molar-refractivity contribution in [1.29, 1.82) is 0 Å². The number of unbranched alkanes of at least 4 members (excludes halogenated alkanes) is 24. The van der Waals surface area contributed by atoms with Crippen LogP contribution in [0, 0.1) is 0 Å². The summed E-state index contributed by atoms with van der Waals surface area (Å²) >= 11 is 0. The third-order valence-corrected chi connectivity index (χ3v) is 10.1. The van der Waals surface area contributed by atoms with Crippen LogP contribution in [0.25, 0.3) is 0 Å². The highest BCUT2D eigenvalue weighted by Crippen LogP contribution is 2.14. The molecule has 57 heavy (non-hydrogen) atoms. The Morgan fingerprint density at radius 2 is 0.702 bits per heavy atom. The van der Waals surface area contributed by atoms with Crippen molar-refractivity contribution in [3.8, 4) is 0 Å². The topological polar surface area (TPSA) is 78.9 Å². The number of carbonyl (C=O) groups is 3. The van der Waals surface area contributed by atoms with Gasteiger partial charge in [-0.05, 0) is 64.2 Å². The molecule has 0 spiro atoms. The van der Waals surface area contributed by atoms with Crippen LogP contribution in [0.2, 0.25) is 0 Å². The van der Waals surface area contributed by atoms with Gasteiger partial charge >= 0.3 is 17.9 Å². The van der Waals surface area contributed by atoms with E-state index in [1.165, 1.54) is 116 Å². The molecule has 0 aliphatic heterocycles. The molecule has 0 aromatic heterocycles. The summed E-state index contributed by atoms with van der Waals surface area (Å²) in [7, 11) is 0. The van der Waals surface area contributed by atoms with Crippen molar-refractivity contribution in [3.63, 3.8) is 0 Å². The van der Waals surface area contributed by atoms with Gasteiger partial charge in [0.1, 0.15) is 13.2 Å². The fourth-order valence-corrected chi connectivity index (χ4v) is 6.51. The summed E-state index contributed by atoms with van der Waals surface area (Å²) in [5.41, 5.74) is 0. The van der Waals surface area contributed by atoms with E-state index < -0.39 is 6.10 Å². The minimum atomic E-state index is -0.792. The molecule has 0 bridgehead atoms. The summed E-state index contributed by atoms with van der Waals surface area (Å²) in [5.74, 6) is -0.935. The number of rotatable bonds is 42. The van der Waals surface area contributed by atoms with Crippen LogP contribution in [0.15, 0.2) is 60.8 Å². The molecule has 0 saturated carbocycles. The number of esters is 3. The average Bonchev–Trinajstić information content (AvgIpc) is 3.21. The highest BCUT2D eigenvalue weighted by Gasteiger charge is 2.19. The molecule has 0 aromatic carbocycles. The molecular weight excluding hydrogens is 709 g/mol. The standard InChI is InChI=1S/C51H88O6/c1-4-7-10-13-16-19-22-24-25-27-29-32-35-38-41-44-50(53)56-47-48(46-55-49(52)43-40-37-34-31-28-21-18-15-12-9-6-3)57-51(54)45-42-39-36-33-30-26-23-20-17-14-11-8-5-2/h8,11,14,17,19-20,22-23,26,30,48H,4-7,9-10,12-13,15-16,18,21,24-25,27-29,31-47H2,1-3H3/b11-8-,17-14-,22-19-,23-20-,30-26-.